The quantitative estimate of drug-likeness (QED) is 0.367. The van der Waals surface area contributed by atoms with Gasteiger partial charge in [-0.25, -0.2) is 9.78 Å². The van der Waals surface area contributed by atoms with Crippen molar-refractivity contribution in [1.29, 1.82) is 0 Å². The normalized spacial score (nSPS) is 11.5. The average molecular weight is 442 g/mol. The molecule has 33 heavy (non-hydrogen) atoms. The van der Waals surface area contributed by atoms with Crippen molar-refractivity contribution in [3.05, 3.63) is 96.4 Å². The van der Waals surface area contributed by atoms with Crippen LogP contribution in [0.25, 0.3) is 22.4 Å². The van der Waals surface area contributed by atoms with Gasteiger partial charge in [-0.1, -0.05) is 78.9 Å². The van der Waals surface area contributed by atoms with Crippen molar-refractivity contribution >= 4 is 17.9 Å². The Bertz CT molecular complexity index is 1230. The van der Waals surface area contributed by atoms with Crippen molar-refractivity contribution in [3.63, 3.8) is 0 Å². The molecule has 4 rings (SSSR count). The van der Waals surface area contributed by atoms with E-state index in [2.05, 4.69) is 10.3 Å². The van der Waals surface area contributed by atoms with Crippen molar-refractivity contribution in [2.75, 3.05) is 5.32 Å². The van der Waals surface area contributed by atoms with E-state index in [4.69, 9.17) is 14.3 Å². The molecule has 3 aromatic carbocycles. The lowest BCUT2D eigenvalue weighted by atomic mass is 10.0. The number of carbonyl (C=O) groups is 2. The molecule has 0 aliphatic carbocycles. The van der Waals surface area contributed by atoms with Crippen molar-refractivity contribution in [2.45, 2.75) is 19.4 Å². The van der Waals surface area contributed by atoms with Crippen LogP contribution in [-0.4, -0.2) is 22.2 Å². The molecule has 7 heteroatoms. The Morgan fingerprint density at radius 1 is 0.939 bits per heavy atom. The molecule has 2 N–H and O–H groups in total. The van der Waals surface area contributed by atoms with E-state index in [1.807, 2.05) is 66.7 Å². The molecule has 0 saturated heterocycles. The summed E-state index contributed by atoms with van der Waals surface area (Å²) in [5.74, 6) is -0.659. The maximum atomic E-state index is 12.4. The fourth-order valence-corrected chi connectivity index (χ4v) is 3.43. The maximum Gasteiger partial charge on any atom is 0.414 e. The lowest BCUT2D eigenvalue weighted by Crippen LogP contribution is -2.16. The SMILES string of the molecule is CC(OC(=O)Nc1ocnc1-c1ccc(-c2ccc(CC(=O)O)cc2)cc1)c1ccccc1. The molecule has 1 atom stereocenters. The number of carboxylic acids is 1. The maximum absolute atomic E-state index is 12.4. The lowest BCUT2D eigenvalue weighted by Gasteiger charge is -2.13. The Balaban J connectivity index is 1.44. The largest absolute Gasteiger partial charge is 0.481 e. The highest BCUT2D eigenvalue weighted by atomic mass is 16.6. The van der Waals surface area contributed by atoms with Crippen LogP contribution in [0.2, 0.25) is 0 Å². The second-order valence-electron chi connectivity index (χ2n) is 7.46. The van der Waals surface area contributed by atoms with Gasteiger partial charge in [0.25, 0.3) is 0 Å². The second-order valence-corrected chi connectivity index (χ2v) is 7.46. The number of hydrogen-bond donors (Lipinski definition) is 2. The number of aliphatic carboxylic acids is 1. The molecule has 7 nitrogen and oxygen atoms in total. The molecule has 1 aromatic heterocycles. The Labute approximate surface area is 190 Å². The highest BCUT2D eigenvalue weighted by molar-refractivity contribution is 5.88. The monoisotopic (exact) mass is 442 g/mol. The number of aromatic nitrogens is 1. The summed E-state index contributed by atoms with van der Waals surface area (Å²) in [5, 5.41) is 11.5. The van der Waals surface area contributed by atoms with Gasteiger partial charge < -0.3 is 14.3 Å². The molecule has 0 saturated carbocycles. The van der Waals surface area contributed by atoms with Crippen LogP contribution in [0, 0.1) is 0 Å². The molecule has 0 radical (unpaired) electrons. The molecular formula is C26H22N2O5. The topological polar surface area (TPSA) is 102 Å². The van der Waals surface area contributed by atoms with Crippen molar-refractivity contribution in [1.82, 2.24) is 4.98 Å². The number of hydrogen-bond acceptors (Lipinski definition) is 5. The Morgan fingerprint density at radius 2 is 1.55 bits per heavy atom. The number of nitrogens with zero attached hydrogens (tertiary/aromatic N) is 1. The summed E-state index contributed by atoms with van der Waals surface area (Å²) in [6.07, 6.45) is 0.204. The summed E-state index contributed by atoms with van der Waals surface area (Å²) >= 11 is 0. The third-order valence-corrected chi connectivity index (χ3v) is 5.14. The highest BCUT2D eigenvalue weighted by Gasteiger charge is 2.17. The van der Waals surface area contributed by atoms with Crippen molar-refractivity contribution in [3.8, 4) is 22.4 Å². The third kappa shape index (κ3) is 5.46. The van der Waals surface area contributed by atoms with E-state index < -0.39 is 18.2 Å². The summed E-state index contributed by atoms with van der Waals surface area (Å²) in [4.78, 5) is 27.4. The molecule has 0 fully saturated rings. The van der Waals surface area contributed by atoms with Crippen LogP contribution in [0.3, 0.4) is 0 Å². The smallest absolute Gasteiger partial charge is 0.414 e. The number of ether oxygens (including phenoxy) is 1. The van der Waals surface area contributed by atoms with E-state index in [0.717, 1.165) is 27.8 Å². The number of carboxylic acid groups (broad SMARTS) is 1. The van der Waals surface area contributed by atoms with Gasteiger partial charge in [0.15, 0.2) is 6.39 Å². The Morgan fingerprint density at radius 3 is 2.18 bits per heavy atom. The Hall–Kier alpha value is -4.39. The summed E-state index contributed by atoms with van der Waals surface area (Å²) in [6.45, 7) is 1.79. The minimum atomic E-state index is -0.859. The zero-order valence-corrected chi connectivity index (χ0v) is 17.9. The minimum Gasteiger partial charge on any atom is -0.481 e. The lowest BCUT2D eigenvalue weighted by molar-refractivity contribution is -0.136. The number of benzene rings is 3. The van der Waals surface area contributed by atoms with E-state index in [0.29, 0.717) is 5.69 Å². The predicted octanol–water partition coefficient (Wildman–Crippen LogP) is 5.95. The fraction of sp³-hybridized carbons (Fsp3) is 0.115. The van der Waals surface area contributed by atoms with Gasteiger partial charge in [0, 0.05) is 5.56 Å². The summed E-state index contributed by atoms with van der Waals surface area (Å²) < 4.78 is 10.8. The van der Waals surface area contributed by atoms with Gasteiger partial charge in [0.1, 0.15) is 11.8 Å². The number of amides is 1. The van der Waals surface area contributed by atoms with Crippen LogP contribution in [0.4, 0.5) is 10.7 Å². The van der Waals surface area contributed by atoms with Crippen molar-refractivity contribution < 1.29 is 23.8 Å². The van der Waals surface area contributed by atoms with E-state index in [9.17, 15) is 9.59 Å². The van der Waals surface area contributed by atoms with E-state index in [-0.39, 0.29) is 12.3 Å². The zero-order valence-electron chi connectivity index (χ0n) is 17.9. The van der Waals surface area contributed by atoms with Crippen LogP contribution in [-0.2, 0) is 16.0 Å². The predicted molar refractivity (Wildman–Crippen MR) is 124 cm³/mol. The second kappa shape index (κ2) is 9.82. The Kier molecular flexibility index (Phi) is 6.50. The zero-order chi connectivity index (χ0) is 23.2. The van der Waals surface area contributed by atoms with Gasteiger partial charge in [-0.15, -0.1) is 0 Å². The summed E-state index contributed by atoms with van der Waals surface area (Å²) in [6, 6.07) is 24.4. The number of anilines is 1. The van der Waals surface area contributed by atoms with E-state index in [1.165, 1.54) is 6.39 Å². The van der Waals surface area contributed by atoms with E-state index in [1.54, 1.807) is 19.1 Å². The number of carbonyl (C=O) groups excluding carboxylic acids is 1. The molecule has 1 amide bonds. The molecule has 0 bridgehead atoms. The molecule has 0 spiro atoms. The van der Waals surface area contributed by atoms with E-state index >= 15 is 0 Å². The van der Waals surface area contributed by atoms with Gasteiger partial charge in [-0.2, -0.15) is 0 Å². The van der Waals surface area contributed by atoms with Gasteiger partial charge in [-0.05, 0) is 29.2 Å². The highest BCUT2D eigenvalue weighted by Crippen LogP contribution is 2.29. The van der Waals surface area contributed by atoms with Crippen LogP contribution in [0.1, 0.15) is 24.2 Å². The number of nitrogens with one attached hydrogen (secondary N) is 1. The molecule has 166 valence electrons. The first kappa shape index (κ1) is 21.8. The summed E-state index contributed by atoms with van der Waals surface area (Å²) in [7, 11) is 0. The van der Waals surface area contributed by atoms with Gasteiger partial charge >= 0.3 is 12.1 Å². The molecule has 0 aliphatic rings. The minimum absolute atomic E-state index is 0.00624. The first-order valence-electron chi connectivity index (χ1n) is 10.4. The van der Waals surface area contributed by atoms with Crippen molar-refractivity contribution in [2.24, 2.45) is 0 Å². The van der Waals surface area contributed by atoms with Gasteiger partial charge in [0.05, 0.1) is 6.42 Å². The van der Waals surface area contributed by atoms with Crippen LogP contribution in [0.15, 0.2) is 89.7 Å². The standard InChI is InChI=1S/C26H22N2O5/c1-17(19-5-3-2-4-6-19)33-26(31)28-25-24(27-16-32-25)22-13-11-21(12-14-22)20-9-7-18(8-10-20)15-23(29)30/h2-14,16-17H,15H2,1H3,(H,28,31)(H,29,30). The van der Waals surface area contributed by atoms with Crippen LogP contribution < -0.4 is 5.32 Å². The first-order chi connectivity index (χ1) is 16.0. The van der Waals surface area contributed by atoms with Crippen LogP contribution in [0.5, 0.6) is 0 Å². The fourth-order valence-electron chi connectivity index (χ4n) is 3.43. The van der Waals surface area contributed by atoms with Gasteiger partial charge in [0.2, 0.25) is 5.88 Å². The number of rotatable bonds is 7. The first-order valence-corrected chi connectivity index (χ1v) is 10.4. The number of oxazole rings is 1. The molecule has 4 aromatic rings. The third-order valence-electron chi connectivity index (χ3n) is 5.14. The van der Waals surface area contributed by atoms with Crippen LogP contribution >= 0.6 is 0 Å². The van der Waals surface area contributed by atoms with Gasteiger partial charge in [-0.3, -0.25) is 10.1 Å². The molecule has 1 heterocycles. The molecular weight excluding hydrogens is 420 g/mol. The molecule has 1 unspecified atom stereocenters. The molecule has 0 aliphatic heterocycles. The average Bonchev–Trinajstić information content (AvgIpc) is 3.28. The summed E-state index contributed by atoms with van der Waals surface area (Å²) in [5.41, 5.74) is 4.82.